The number of nitrogens with one attached hydrogen (secondary N) is 3. The summed E-state index contributed by atoms with van der Waals surface area (Å²) < 4.78 is 4.00. The first-order valence-electron chi connectivity index (χ1n) is 7.91. The molecule has 3 N–H and O–H groups in total. The molecule has 3 aromatic rings. The predicted octanol–water partition coefficient (Wildman–Crippen LogP) is -9.34. The first-order chi connectivity index (χ1) is 12.1. The third-order valence-corrected chi connectivity index (χ3v) is 8.52. The first-order valence-corrected chi connectivity index (χ1v) is 9.82. The van der Waals surface area contributed by atoms with Crippen LogP contribution in [0.2, 0.25) is 0 Å². The van der Waals surface area contributed by atoms with Crippen molar-refractivity contribution in [2.75, 3.05) is 0 Å². The summed E-state index contributed by atoms with van der Waals surface area (Å²) in [7, 11) is -2.92. The van der Waals surface area contributed by atoms with Gasteiger partial charge in [0.2, 0.25) is 0 Å². The van der Waals surface area contributed by atoms with E-state index in [2.05, 4.69) is 72.1 Å². The van der Waals surface area contributed by atoms with Gasteiger partial charge in [-0.15, -0.1) is 0 Å². The van der Waals surface area contributed by atoms with Gasteiger partial charge in [-0.1, -0.05) is 0 Å². The predicted molar refractivity (Wildman–Crippen MR) is 88.8 cm³/mol. The Labute approximate surface area is 180 Å². The molecule has 3 heterocycles. The topological polar surface area (TPSA) is 155 Å². The maximum Gasteiger partial charge on any atom is -0.278 e. The first kappa shape index (κ1) is 26.7. The standard InChI is InChI=1S/3C5H7N2.BO3.2ClH.Cr/c3*1-4-3-5(2)7-6-4;2-1(3)4;;;/h3*1-2H3,(H,6,7);;2*1H;/q;;;-3;;;+5/p-2. The SMILES string of the molecule is Cc1n[nH]c(C)[c]1[Cr+5]([c]1c(C)n[nH]c1C)[c]1c(C)n[nH]c1C.[Cl-].[Cl-].[O-]B([O-])[O-]. The minimum absolute atomic E-state index is 0. The van der Waals surface area contributed by atoms with Crippen molar-refractivity contribution in [1.29, 1.82) is 0 Å². The number of aryl methyl sites for hydroxylation is 6. The Hall–Kier alpha value is -1.31. The zero-order chi connectivity index (χ0) is 19.6. The monoisotopic (exact) mass is 466 g/mol. The van der Waals surface area contributed by atoms with Crippen LogP contribution >= 0.6 is 0 Å². The van der Waals surface area contributed by atoms with Crippen LogP contribution in [0, 0.1) is 41.5 Å². The summed E-state index contributed by atoms with van der Waals surface area (Å²) in [6.07, 6.45) is 0. The average molecular weight is 467 g/mol. The molecule has 0 unspecified atom stereocenters. The maximum atomic E-state index is 8.42. The van der Waals surface area contributed by atoms with Crippen molar-refractivity contribution in [2.45, 2.75) is 41.5 Å². The molecule has 3 rings (SSSR count). The Morgan fingerprint density at radius 2 is 0.821 bits per heavy atom. The molecule has 9 nitrogen and oxygen atoms in total. The van der Waals surface area contributed by atoms with Gasteiger partial charge in [0.15, 0.2) is 0 Å². The smallest absolute Gasteiger partial charge is 0.278 e. The van der Waals surface area contributed by atoms with E-state index in [-0.39, 0.29) is 24.8 Å². The molecule has 0 amide bonds. The molecule has 0 saturated carbocycles. The van der Waals surface area contributed by atoms with E-state index in [1.54, 1.807) is 0 Å². The Bertz CT molecular complexity index is 727. The number of hydrogen-bond acceptors (Lipinski definition) is 6. The van der Waals surface area contributed by atoms with Crippen LogP contribution in [0.5, 0.6) is 0 Å². The van der Waals surface area contributed by atoms with E-state index in [9.17, 15) is 0 Å². The van der Waals surface area contributed by atoms with Crippen molar-refractivity contribution in [3.05, 3.63) is 34.2 Å². The van der Waals surface area contributed by atoms with Gasteiger partial charge in [-0.3, -0.25) is 7.32 Å². The van der Waals surface area contributed by atoms with Crippen LogP contribution in [0.4, 0.5) is 0 Å². The van der Waals surface area contributed by atoms with E-state index in [0.717, 1.165) is 34.2 Å². The van der Waals surface area contributed by atoms with E-state index in [1.165, 1.54) is 13.3 Å². The summed E-state index contributed by atoms with van der Waals surface area (Å²) in [5.41, 5.74) is 6.64. The second-order valence-corrected chi connectivity index (χ2v) is 8.75. The van der Waals surface area contributed by atoms with Crippen LogP contribution in [-0.4, -0.2) is 37.9 Å². The Morgan fingerprint density at radius 1 is 0.607 bits per heavy atom. The fourth-order valence-electron chi connectivity index (χ4n) is 2.83. The fourth-order valence-corrected chi connectivity index (χ4v) is 7.03. The van der Waals surface area contributed by atoms with Gasteiger partial charge in [0.05, 0.1) is 0 Å². The van der Waals surface area contributed by atoms with Crippen LogP contribution in [0.25, 0.3) is 0 Å². The number of rotatable bonds is 3. The minimum atomic E-state index is -2.92. The van der Waals surface area contributed by atoms with Gasteiger partial charge in [0.25, 0.3) is 0 Å². The number of halogens is 2. The molecule has 0 aromatic carbocycles. The second-order valence-electron chi connectivity index (χ2n) is 5.88. The van der Waals surface area contributed by atoms with Crippen molar-refractivity contribution in [1.82, 2.24) is 30.6 Å². The zero-order valence-corrected chi connectivity index (χ0v) is 19.1. The molecule has 0 aliphatic heterocycles. The van der Waals surface area contributed by atoms with Crippen molar-refractivity contribution < 1.29 is 54.0 Å². The van der Waals surface area contributed by atoms with E-state index < -0.39 is 21.5 Å². The Balaban J connectivity index is 0.00000111. The van der Waals surface area contributed by atoms with Crippen molar-refractivity contribution in [2.24, 2.45) is 0 Å². The molecule has 152 valence electrons. The van der Waals surface area contributed by atoms with E-state index >= 15 is 0 Å². The number of hydrogen-bond donors (Lipinski definition) is 3. The normalized spacial score (nSPS) is 9.43. The number of aromatic amines is 3. The molecule has 0 radical (unpaired) electrons. The summed E-state index contributed by atoms with van der Waals surface area (Å²) in [4.78, 5) is 0. The summed E-state index contributed by atoms with van der Waals surface area (Å²) in [5.74, 6) is 0. The number of aromatic nitrogens is 6. The van der Waals surface area contributed by atoms with Crippen molar-refractivity contribution >= 4 is 20.6 Å². The van der Waals surface area contributed by atoms with Gasteiger partial charge in [-0.05, 0) is 0 Å². The summed E-state index contributed by atoms with van der Waals surface area (Å²) >= 11 is -1.50. The minimum Gasteiger partial charge on any atom is -1.00 e. The summed E-state index contributed by atoms with van der Waals surface area (Å²) in [6.45, 7) is 12.5. The van der Waals surface area contributed by atoms with E-state index in [4.69, 9.17) is 15.1 Å². The van der Waals surface area contributed by atoms with Crippen molar-refractivity contribution in [3.63, 3.8) is 0 Å². The van der Waals surface area contributed by atoms with Gasteiger partial charge >= 0.3 is 134 Å². The molecule has 0 fully saturated rings. The second kappa shape index (κ2) is 11.0. The third kappa shape index (κ3) is 5.61. The average Bonchev–Trinajstić information content (AvgIpc) is 3.16. The van der Waals surface area contributed by atoms with Crippen LogP contribution in [0.15, 0.2) is 0 Å². The van der Waals surface area contributed by atoms with Gasteiger partial charge in [-0.25, -0.2) is 0 Å². The maximum absolute atomic E-state index is 8.42. The van der Waals surface area contributed by atoms with Gasteiger partial charge in [-0.2, -0.15) is 0 Å². The zero-order valence-electron chi connectivity index (χ0n) is 16.3. The molecule has 0 spiro atoms. The Morgan fingerprint density at radius 3 is 0.964 bits per heavy atom. The molecule has 0 saturated heterocycles. The molecule has 3 aromatic heterocycles. The summed E-state index contributed by atoms with van der Waals surface area (Å²) in [5, 5.41) is 47.9. The summed E-state index contributed by atoms with van der Waals surface area (Å²) in [6, 6.07) is 0. The molecule has 13 heteroatoms. The quantitative estimate of drug-likeness (QED) is 0.325. The molecule has 28 heavy (non-hydrogen) atoms. The molecule has 0 atom stereocenters. The number of H-pyrrole nitrogens is 3. The third-order valence-electron chi connectivity index (χ3n) is 3.79. The van der Waals surface area contributed by atoms with Gasteiger partial charge < -0.3 is 39.9 Å². The van der Waals surface area contributed by atoms with Gasteiger partial charge in [0, 0.05) is 0 Å². The van der Waals surface area contributed by atoms with Crippen molar-refractivity contribution in [3.8, 4) is 0 Å². The van der Waals surface area contributed by atoms with Crippen LogP contribution in [-0.2, 0) is 14.1 Å². The fraction of sp³-hybridized carbons (Fsp3) is 0.400. The van der Waals surface area contributed by atoms with Crippen LogP contribution in [0.1, 0.15) is 34.2 Å². The molecular weight excluding hydrogens is 446 g/mol. The van der Waals surface area contributed by atoms with E-state index in [1.807, 2.05) is 0 Å². The molecular formula is C15H21BCl2CrN6O3. The van der Waals surface area contributed by atoms with Gasteiger partial charge in [0.1, 0.15) is 0 Å². The number of nitrogens with zero attached hydrogens (tertiary/aromatic N) is 3. The van der Waals surface area contributed by atoms with E-state index in [0.29, 0.717) is 0 Å². The molecule has 0 aliphatic carbocycles. The van der Waals surface area contributed by atoms with Crippen LogP contribution < -0.4 is 53.2 Å². The molecule has 0 bridgehead atoms. The largest absolute Gasteiger partial charge is 1.00 e. The molecule has 0 aliphatic rings. The Kier molecular flexibility index (Phi) is 10.5. The van der Waals surface area contributed by atoms with Crippen LogP contribution in [0.3, 0.4) is 0 Å².